The average molecular weight is 262 g/mol. The number of aryl methyl sites for hydroxylation is 2. The van der Waals surface area contributed by atoms with Crippen LogP contribution in [0.3, 0.4) is 0 Å². The summed E-state index contributed by atoms with van der Waals surface area (Å²) in [5.74, 6) is 0.924. The zero-order valence-electron chi connectivity index (χ0n) is 12.7. The molecule has 1 aliphatic rings. The molecule has 0 radical (unpaired) electrons. The first-order valence-electron chi connectivity index (χ1n) is 7.40. The van der Waals surface area contributed by atoms with Crippen LogP contribution in [0.1, 0.15) is 43.6 Å². The lowest BCUT2D eigenvalue weighted by Gasteiger charge is -2.18. The molecule has 1 aliphatic heterocycles. The Bertz CT molecular complexity index is 399. The fraction of sp³-hybridized carbons (Fsp3) is 0.733. The summed E-state index contributed by atoms with van der Waals surface area (Å²) >= 11 is 0. The van der Waals surface area contributed by atoms with E-state index in [-0.39, 0.29) is 0 Å². The third-order valence-corrected chi connectivity index (χ3v) is 3.73. The summed E-state index contributed by atoms with van der Waals surface area (Å²) in [6.07, 6.45) is 3.54. The molecule has 4 heteroatoms. The molecule has 1 aromatic rings. The molecule has 1 aromatic heterocycles. The Morgan fingerprint density at radius 2 is 1.68 bits per heavy atom. The molecule has 2 heterocycles. The molecule has 0 aromatic carbocycles. The second-order valence-corrected chi connectivity index (χ2v) is 5.73. The predicted molar refractivity (Wildman–Crippen MR) is 79.8 cm³/mol. The van der Waals surface area contributed by atoms with Gasteiger partial charge in [0.25, 0.3) is 0 Å². The summed E-state index contributed by atoms with van der Waals surface area (Å²) < 4.78 is 0. The van der Waals surface area contributed by atoms with Crippen LogP contribution in [-0.2, 0) is 6.42 Å². The molecule has 1 N–H and O–H groups in total. The molecule has 2 rings (SSSR count). The van der Waals surface area contributed by atoms with E-state index in [0.29, 0.717) is 6.04 Å². The van der Waals surface area contributed by atoms with E-state index in [9.17, 15) is 0 Å². The van der Waals surface area contributed by atoms with Gasteiger partial charge in [-0.1, -0.05) is 13.8 Å². The first kappa shape index (κ1) is 14.3. The smallest absolute Gasteiger partial charge is 0.225 e. The Hall–Kier alpha value is -1.16. The van der Waals surface area contributed by atoms with Crippen LogP contribution in [0.15, 0.2) is 0 Å². The minimum atomic E-state index is 0.533. The van der Waals surface area contributed by atoms with E-state index in [1.807, 2.05) is 0 Å². The number of hydrogen-bond acceptors (Lipinski definition) is 4. The minimum Gasteiger partial charge on any atom is -0.341 e. The maximum Gasteiger partial charge on any atom is 0.225 e. The topological polar surface area (TPSA) is 41.1 Å². The summed E-state index contributed by atoms with van der Waals surface area (Å²) in [6, 6.07) is 0.533. The number of nitrogens with zero attached hydrogens (tertiary/aromatic N) is 3. The Morgan fingerprint density at radius 1 is 1.11 bits per heavy atom. The van der Waals surface area contributed by atoms with Gasteiger partial charge in [0.15, 0.2) is 0 Å². The highest BCUT2D eigenvalue weighted by atomic mass is 15.3. The average Bonchev–Trinajstić information content (AvgIpc) is 2.85. The minimum absolute atomic E-state index is 0.533. The largest absolute Gasteiger partial charge is 0.341 e. The predicted octanol–water partition coefficient (Wildman–Crippen LogP) is 2.23. The third-order valence-electron chi connectivity index (χ3n) is 3.73. The van der Waals surface area contributed by atoms with Crippen molar-refractivity contribution in [3.8, 4) is 0 Å². The third kappa shape index (κ3) is 3.66. The molecular formula is C15H26N4. The summed E-state index contributed by atoms with van der Waals surface area (Å²) in [6.45, 7) is 11.8. The van der Waals surface area contributed by atoms with Gasteiger partial charge >= 0.3 is 0 Å². The molecule has 106 valence electrons. The van der Waals surface area contributed by atoms with Crippen LogP contribution in [0, 0.1) is 13.8 Å². The summed E-state index contributed by atoms with van der Waals surface area (Å²) in [5.41, 5.74) is 3.58. The van der Waals surface area contributed by atoms with Crippen molar-refractivity contribution >= 4 is 5.95 Å². The van der Waals surface area contributed by atoms with E-state index < -0.39 is 0 Å². The lowest BCUT2D eigenvalue weighted by molar-refractivity contribution is 0.587. The van der Waals surface area contributed by atoms with Gasteiger partial charge in [-0.25, -0.2) is 9.97 Å². The normalized spacial score (nSPS) is 15.5. The number of rotatable bonds is 5. The summed E-state index contributed by atoms with van der Waals surface area (Å²) in [5, 5.41) is 3.45. The monoisotopic (exact) mass is 262 g/mol. The highest BCUT2D eigenvalue weighted by molar-refractivity contribution is 5.37. The van der Waals surface area contributed by atoms with Crippen LogP contribution in [0.2, 0.25) is 0 Å². The summed E-state index contributed by atoms with van der Waals surface area (Å²) in [7, 11) is 0. The molecule has 1 saturated heterocycles. The second-order valence-electron chi connectivity index (χ2n) is 5.73. The molecule has 4 nitrogen and oxygen atoms in total. The molecule has 0 spiro atoms. The van der Waals surface area contributed by atoms with Crippen molar-refractivity contribution in [2.24, 2.45) is 0 Å². The molecular weight excluding hydrogens is 236 g/mol. The Balaban J connectivity index is 2.08. The van der Waals surface area contributed by atoms with Gasteiger partial charge in [-0.15, -0.1) is 0 Å². The standard InChI is InChI=1S/C15H26N4/c1-11(2)16-8-7-14-12(3)17-15(18-13(14)4)19-9-5-6-10-19/h11,16H,5-10H2,1-4H3. The molecule has 0 aliphatic carbocycles. The van der Waals surface area contributed by atoms with Gasteiger partial charge in [0.1, 0.15) is 0 Å². The zero-order valence-corrected chi connectivity index (χ0v) is 12.7. The van der Waals surface area contributed by atoms with Crippen molar-refractivity contribution in [3.63, 3.8) is 0 Å². The van der Waals surface area contributed by atoms with Crippen LogP contribution in [0.4, 0.5) is 5.95 Å². The second kappa shape index (κ2) is 6.33. The number of nitrogens with one attached hydrogen (secondary N) is 1. The Labute approximate surface area is 116 Å². The van der Waals surface area contributed by atoms with Crippen LogP contribution in [-0.4, -0.2) is 35.6 Å². The van der Waals surface area contributed by atoms with Crippen molar-refractivity contribution in [1.29, 1.82) is 0 Å². The van der Waals surface area contributed by atoms with E-state index in [0.717, 1.165) is 43.4 Å². The maximum atomic E-state index is 4.70. The molecule has 0 atom stereocenters. The zero-order chi connectivity index (χ0) is 13.8. The molecule has 19 heavy (non-hydrogen) atoms. The van der Waals surface area contributed by atoms with Crippen LogP contribution < -0.4 is 10.2 Å². The maximum absolute atomic E-state index is 4.70. The van der Waals surface area contributed by atoms with Crippen LogP contribution in [0.5, 0.6) is 0 Å². The summed E-state index contributed by atoms with van der Waals surface area (Å²) in [4.78, 5) is 11.7. The van der Waals surface area contributed by atoms with Gasteiger partial charge in [-0.3, -0.25) is 0 Å². The highest BCUT2D eigenvalue weighted by Crippen LogP contribution is 2.19. The van der Waals surface area contributed by atoms with Crippen molar-refractivity contribution in [1.82, 2.24) is 15.3 Å². The van der Waals surface area contributed by atoms with Gasteiger partial charge in [-0.05, 0) is 45.2 Å². The van der Waals surface area contributed by atoms with Crippen molar-refractivity contribution in [3.05, 3.63) is 17.0 Å². The van der Waals surface area contributed by atoms with Gasteiger partial charge in [-0.2, -0.15) is 0 Å². The highest BCUT2D eigenvalue weighted by Gasteiger charge is 2.17. The van der Waals surface area contributed by atoms with Gasteiger partial charge in [0.05, 0.1) is 0 Å². The van der Waals surface area contributed by atoms with E-state index in [1.165, 1.54) is 18.4 Å². The molecule has 0 amide bonds. The van der Waals surface area contributed by atoms with Crippen molar-refractivity contribution < 1.29 is 0 Å². The fourth-order valence-electron chi connectivity index (χ4n) is 2.63. The van der Waals surface area contributed by atoms with Crippen molar-refractivity contribution in [2.45, 2.75) is 53.0 Å². The first-order valence-corrected chi connectivity index (χ1v) is 7.40. The lowest BCUT2D eigenvalue weighted by atomic mass is 10.1. The van der Waals surface area contributed by atoms with Gasteiger partial charge in [0.2, 0.25) is 5.95 Å². The van der Waals surface area contributed by atoms with E-state index >= 15 is 0 Å². The molecule has 1 fully saturated rings. The van der Waals surface area contributed by atoms with Gasteiger partial charge in [0, 0.05) is 30.5 Å². The lowest BCUT2D eigenvalue weighted by Crippen LogP contribution is -2.26. The van der Waals surface area contributed by atoms with Crippen molar-refractivity contribution in [2.75, 3.05) is 24.5 Å². The number of anilines is 1. The first-order chi connectivity index (χ1) is 9.08. The number of hydrogen-bond donors (Lipinski definition) is 1. The van der Waals surface area contributed by atoms with Crippen LogP contribution >= 0.6 is 0 Å². The SMILES string of the molecule is Cc1nc(N2CCCC2)nc(C)c1CCNC(C)C. The van der Waals surface area contributed by atoms with E-state index in [4.69, 9.17) is 9.97 Å². The van der Waals surface area contributed by atoms with Crippen LogP contribution in [0.25, 0.3) is 0 Å². The molecule has 0 bridgehead atoms. The van der Waals surface area contributed by atoms with E-state index in [2.05, 4.69) is 37.9 Å². The molecule has 0 unspecified atom stereocenters. The quantitative estimate of drug-likeness (QED) is 0.883. The number of aromatic nitrogens is 2. The Kier molecular flexibility index (Phi) is 4.75. The van der Waals surface area contributed by atoms with E-state index in [1.54, 1.807) is 0 Å². The molecule has 0 saturated carbocycles. The Morgan fingerprint density at radius 3 is 2.21 bits per heavy atom. The fourth-order valence-corrected chi connectivity index (χ4v) is 2.63. The van der Waals surface area contributed by atoms with Gasteiger partial charge < -0.3 is 10.2 Å².